The Kier molecular flexibility index (Phi) is 2.84. The van der Waals surface area contributed by atoms with Crippen LogP contribution < -0.4 is 0 Å². The number of rotatable bonds is 2. The molecule has 4 heteroatoms. The maximum Gasteiger partial charge on any atom is 0.178 e. The Labute approximate surface area is 118 Å². The van der Waals surface area contributed by atoms with Gasteiger partial charge in [0.1, 0.15) is 0 Å². The van der Waals surface area contributed by atoms with Gasteiger partial charge in [-0.1, -0.05) is 26.0 Å². The number of methoxy groups -OCH3 is 1. The van der Waals surface area contributed by atoms with Crippen molar-refractivity contribution in [3.8, 4) is 0 Å². The minimum Gasteiger partial charge on any atom is -0.381 e. The van der Waals surface area contributed by atoms with E-state index in [0.29, 0.717) is 12.1 Å². The molecular formula is C15H20N2OS. The van der Waals surface area contributed by atoms with Crippen LogP contribution in [0.25, 0.3) is 11.0 Å². The Morgan fingerprint density at radius 1 is 1.42 bits per heavy atom. The molecule has 1 aromatic heterocycles. The first-order chi connectivity index (χ1) is 8.96. The van der Waals surface area contributed by atoms with E-state index < -0.39 is 0 Å². The molecule has 0 spiro atoms. The minimum atomic E-state index is 0.117. The second-order valence-corrected chi connectivity index (χ2v) is 6.45. The maximum absolute atomic E-state index is 5.55. The Bertz CT molecular complexity index is 683. The second kappa shape index (κ2) is 4.18. The SMILES string of the molecule is COC1CC(n2c(=S)[nH]c3c(C)cccc32)C1(C)C. The zero-order chi connectivity index (χ0) is 13.8. The van der Waals surface area contributed by atoms with Crippen molar-refractivity contribution in [1.29, 1.82) is 0 Å². The van der Waals surface area contributed by atoms with Crippen molar-refractivity contribution in [3.63, 3.8) is 0 Å². The fraction of sp³-hybridized carbons (Fsp3) is 0.533. The van der Waals surface area contributed by atoms with E-state index in [0.717, 1.165) is 16.7 Å². The van der Waals surface area contributed by atoms with E-state index in [1.54, 1.807) is 7.11 Å². The third-order valence-corrected chi connectivity index (χ3v) is 4.98. The molecule has 2 atom stereocenters. The van der Waals surface area contributed by atoms with E-state index in [2.05, 4.69) is 48.5 Å². The van der Waals surface area contributed by atoms with Gasteiger partial charge in [-0.05, 0) is 37.2 Å². The zero-order valence-corrected chi connectivity index (χ0v) is 12.7. The molecule has 0 radical (unpaired) electrons. The number of imidazole rings is 1. The first-order valence-electron chi connectivity index (χ1n) is 6.69. The molecule has 0 amide bonds. The summed E-state index contributed by atoms with van der Waals surface area (Å²) in [6, 6.07) is 6.75. The van der Waals surface area contributed by atoms with Gasteiger partial charge in [-0.2, -0.15) is 0 Å². The first kappa shape index (κ1) is 12.9. The van der Waals surface area contributed by atoms with Crippen LogP contribution in [0, 0.1) is 17.1 Å². The van der Waals surface area contributed by atoms with Gasteiger partial charge in [0.25, 0.3) is 0 Å². The summed E-state index contributed by atoms with van der Waals surface area (Å²) in [5, 5.41) is 0. The van der Waals surface area contributed by atoms with Crippen LogP contribution in [0.1, 0.15) is 31.9 Å². The van der Waals surface area contributed by atoms with Crippen LogP contribution in [0.2, 0.25) is 0 Å². The molecule has 1 aliphatic rings. The quantitative estimate of drug-likeness (QED) is 0.840. The monoisotopic (exact) mass is 276 g/mol. The lowest BCUT2D eigenvalue weighted by molar-refractivity contribution is -0.111. The standard InChI is InChI=1S/C15H20N2OS/c1-9-6-5-7-10-13(9)16-14(19)17(10)11-8-12(18-4)15(11,2)3/h5-7,11-12H,8H2,1-4H3,(H,16,19). The highest BCUT2D eigenvalue weighted by atomic mass is 32.1. The molecule has 102 valence electrons. The predicted molar refractivity (Wildman–Crippen MR) is 80.1 cm³/mol. The lowest BCUT2D eigenvalue weighted by Crippen LogP contribution is -2.51. The van der Waals surface area contributed by atoms with Crippen molar-refractivity contribution in [2.75, 3.05) is 7.11 Å². The predicted octanol–water partition coefficient (Wildman–Crippen LogP) is 3.99. The Morgan fingerprint density at radius 2 is 2.16 bits per heavy atom. The van der Waals surface area contributed by atoms with Crippen LogP contribution in [-0.4, -0.2) is 22.8 Å². The topological polar surface area (TPSA) is 29.9 Å². The highest BCUT2D eigenvalue weighted by Crippen LogP contribution is 2.52. The summed E-state index contributed by atoms with van der Waals surface area (Å²) in [5.74, 6) is 0. The Hall–Kier alpha value is -1.13. The molecular weight excluding hydrogens is 256 g/mol. The Morgan fingerprint density at radius 3 is 2.79 bits per heavy atom. The molecule has 3 nitrogen and oxygen atoms in total. The van der Waals surface area contributed by atoms with Crippen LogP contribution in [0.4, 0.5) is 0 Å². The van der Waals surface area contributed by atoms with Gasteiger partial charge in [0, 0.05) is 18.6 Å². The number of aryl methyl sites for hydroxylation is 1. The zero-order valence-electron chi connectivity index (χ0n) is 11.9. The first-order valence-corrected chi connectivity index (χ1v) is 7.10. The molecule has 0 saturated heterocycles. The van der Waals surface area contributed by atoms with Gasteiger partial charge in [0.2, 0.25) is 0 Å². The fourth-order valence-corrected chi connectivity index (χ4v) is 3.63. The molecule has 1 fully saturated rings. The van der Waals surface area contributed by atoms with Crippen molar-refractivity contribution >= 4 is 23.3 Å². The smallest absolute Gasteiger partial charge is 0.178 e. The highest BCUT2D eigenvalue weighted by molar-refractivity contribution is 7.71. The van der Waals surface area contributed by atoms with Gasteiger partial charge in [-0.3, -0.25) is 0 Å². The molecule has 2 unspecified atom stereocenters. The highest BCUT2D eigenvalue weighted by Gasteiger charge is 2.50. The molecule has 19 heavy (non-hydrogen) atoms. The summed E-state index contributed by atoms with van der Waals surface area (Å²) in [7, 11) is 1.79. The average Bonchev–Trinajstić information content (AvgIpc) is 2.68. The third kappa shape index (κ3) is 1.70. The largest absolute Gasteiger partial charge is 0.381 e. The van der Waals surface area contributed by atoms with Crippen LogP contribution in [0.5, 0.6) is 0 Å². The maximum atomic E-state index is 5.55. The number of H-pyrrole nitrogens is 1. The number of benzene rings is 1. The van der Waals surface area contributed by atoms with Crippen molar-refractivity contribution in [1.82, 2.24) is 9.55 Å². The Balaban J connectivity index is 2.15. The summed E-state index contributed by atoms with van der Waals surface area (Å²) in [5.41, 5.74) is 3.72. The molecule has 1 saturated carbocycles. The van der Waals surface area contributed by atoms with Crippen LogP contribution in [0.15, 0.2) is 18.2 Å². The van der Waals surface area contributed by atoms with Crippen LogP contribution in [0.3, 0.4) is 0 Å². The molecule has 1 heterocycles. The lowest BCUT2D eigenvalue weighted by atomic mass is 9.64. The van der Waals surface area contributed by atoms with E-state index in [4.69, 9.17) is 17.0 Å². The van der Waals surface area contributed by atoms with Crippen LogP contribution in [-0.2, 0) is 4.74 Å². The number of hydrogen-bond acceptors (Lipinski definition) is 2. The summed E-state index contributed by atoms with van der Waals surface area (Å²) in [4.78, 5) is 3.35. The van der Waals surface area contributed by atoms with Gasteiger partial charge in [-0.25, -0.2) is 0 Å². The molecule has 1 aromatic carbocycles. The summed E-state index contributed by atoms with van der Waals surface area (Å²) < 4.78 is 8.64. The van der Waals surface area contributed by atoms with Crippen molar-refractivity contribution in [2.24, 2.45) is 5.41 Å². The molecule has 3 rings (SSSR count). The van der Waals surface area contributed by atoms with Crippen molar-refractivity contribution < 1.29 is 4.74 Å². The number of aromatic amines is 1. The van der Waals surface area contributed by atoms with Gasteiger partial charge >= 0.3 is 0 Å². The van der Waals surface area contributed by atoms with E-state index in [1.807, 2.05) is 0 Å². The van der Waals surface area contributed by atoms with E-state index >= 15 is 0 Å². The number of aromatic nitrogens is 2. The van der Waals surface area contributed by atoms with E-state index in [1.165, 1.54) is 11.1 Å². The van der Waals surface area contributed by atoms with E-state index in [-0.39, 0.29) is 5.41 Å². The molecule has 1 aliphatic carbocycles. The summed E-state index contributed by atoms with van der Waals surface area (Å²) in [6.07, 6.45) is 1.34. The number of ether oxygens (including phenoxy) is 1. The number of nitrogens with zero attached hydrogens (tertiary/aromatic N) is 1. The number of hydrogen-bond donors (Lipinski definition) is 1. The number of para-hydroxylation sites is 1. The van der Waals surface area contributed by atoms with E-state index in [9.17, 15) is 0 Å². The summed E-state index contributed by atoms with van der Waals surface area (Å²) in [6.45, 7) is 6.62. The fourth-order valence-electron chi connectivity index (χ4n) is 3.30. The minimum absolute atomic E-state index is 0.117. The molecule has 0 aliphatic heterocycles. The second-order valence-electron chi connectivity index (χ2n) is 6.07. The summed E-state index contributed by atoms with van der Waals surface area (Å²) >= 11 is 5.53. The van der Waals surface area contributed by atoms with Crippen molar-refractivity contribution in [2.45, 2.75) is 39.3 Å². The normalized spacial score (nSPS) is 25.5. The molecule has 0 bridgehead atoms. The number of fused-ring (bicyclic) bond motifs is 1. The molecule has 1 N–H and O–H groups in total. The van der Waals surface area contributed by atoms with Crippen molar-refractivity contribution in [3.05, 3.63) is 28.5 Å². The molecule has 2 aromatic rings. The third-order valence-electron chi connectivity index (χ3n) is 4.68. The van der Waals surface area contributed by atoms with Gasteiger partial charge in [0.05, 0.1) is 17.1 Å². The average molecular weight is 276 g/mol. The van der Waals surface area contributed by atoms with Gasteiger partial charge < -0.3 is 14.3 Å². The number of nitrogens with one attached hydrogen (secondary N) is 1. The lowest BCUT2D eigenvalue weighted by Gasteiger charge is -2.51. The van der Waals surface area contributed by atoms with Gasteiger partial charge in [0.15, 0.2) is 4.77 Å². The van der Waals surface area contributed by atoms with Crippen LogP contribution >= 0.6 is 12.2 Å². The van der Waals surface area contributed by atoms with Gasteiger partial charge in [-0.15, -0.1) is 0 Å².